The lowest BCUT2D eigenvalue weighted by Gasteiger charge is -2.22. The SMILES string of the molecule is CCCCNc1c(CC[N+](=O)[O-])cc(C(F)(F)F)c(NC#N)c1CC[N+](=O)[O-]. The first-order valence-corrected chi connectivity index (χ1v) is 8.50. The molecular formula is C16H20F3N5O4. The normalized spacial score (nSPS) is 11.0. The molecule has 28 heavy (non-hydrogen) atoms. The maximum atomic E-state index is 13.5. The highest BCUT2D eigenvalue weighted by atomic mass is 19.4. The van der Waals surface area contributed by atoms with Crippen LogP contribution < -0.4 is 10.6 Å². The molecule has 0 spiro atoms. The minimum Gasteiger partial charge on any atom is -0.385 e. The van der Waals surface area contributed by atoms with Gasteiger partial charge in [0.2, 0.25) is 13.1 Å². The van der Waals surface area contributed by atoms with E-state index >= 15 is 0 Å². The number of hydrogen-bond donors (Lipinski definition) is 2. The molecule has 0 aliphatic heterocycles. The quantitative estimate of drug-likeness (QED) is 0.190. The molecule has 0 radical (unpaired) electrons. The molecule has 12 heteroatoms. The number of alkyl halides is 3. The van der Waals surface area contributed by atoms with Crippen LogP contribution in [0.1, 0.15) is 36.5 Å². The molecule has 1 aromatic rings. The second-order valence-electron chi connectivity index (χ2n) is 5.94. The highest BCUT2D eigenvalue weighted by Gasteiger charge is 2.37. The van der Waals surface area contributed by atoms with Gasteiger partial charge in [-0.2, -0.15) is 18.4 Å². The fourth-order valence-electron chi connectivity index (χ4n) is 2.69. The van der Waals surface area contributed by atoms with Gasteiger partial charge in [0.15, 0.2) is 6.19 Å². The molecule has 1 rings (SSSR count). The maximum absolute atomic E-state index is 13.5. The van der Waals surface area contributed by atoms with Crippen molar-refractivity contribution in [3.05, 3.63) is 43.0 Å². The summed E-state index contributed by atoms with van der Waals surface area (Å²) in [5.74, 6) is 0. The summed E-state index contributed by atoms with van der Waals surface area (Å²) in [6, 6.07) is 0.757. The number of nitriles is 1. The Balaban J connectivity index is 3.65. The Morgan fingerprint density at radius 3 is 2.25 bits per heavy atom. The molecular weight excluding hydrogens is 383 g/mol. The summed E-state index contributed by atoms with van der Waals surface area (Å²) in [6.07, 6.45) is -2.63. The van der Waals surface area contributed by atoms with Crippen LogP contribution in [0.25, 0.3) is 0 Å². The molecule has 0 fully saturated rings. The van der Waals surface area contributed by atoms with E-state index in [1.165, 1.54) is 6.19 Å². The summed E-state index contributed by atoms with van der Waals surface area (Å²) >= 11 is 0. The Morgan fingerprint density at radius 2 is 1.75 bits per heavy atom. The van der Waals surface area contributed by atoms with E-state index in [0.717, 1.165) is 12.5 Å². The summed E-state index contributed by atoms with van der Waals surface area (Å²) in [4.78, 5) is 20.2. The smallest absolute Gasteiger partial charge is 0.385 e. The molecule has 0 aliphatic carbocycles. The van der Waals surface area contributed by atoms with E-state index in [-0.39, 0.29) is 29.7 Å². The first-order chi connectivity index (χ1) is 13.1. The second kappa shape index (κ2) is 10.3. The number of nitro groups is 2. The summed E-state index contributed by atoms with van der Waals surface area (Å²) in [6.45, 7) is 1.02. The number of rotatable bonds is 11. The first-order valence-electron chi connectivity index (χ1n) is 8.50. The number of hydrogen-bond acceptors (Lipinski definition) is 7. The summed E-state index contributed by atoms with van der Waals surface area (Å²) in [7, 11) is 0. The van der Waals surface area contributed by atoms with Crippen molar-refractivity contribution in [1.29, 1.82) is 5.26 Å². The van der Waals surface area contributed by atoms with Crippen molar-refractivity contribution in [1.82, 2.24) is 0 Å². The molecule has 0 bridgehead atoms. The van der Waals surface area contributed by atoms with Crippen molar-refractivity contribution in [2.24, 2.45) is 0 Å². The van der Waals surface area contributed by atoms with Crippen LogP contribution in [0.4, 0.5) is 24.5 Å². The van der Waals surface area contributed by atoms with Gasteiger partial charge in [-0.15, -0.1) is 0 Å². The predicted octanol–water partition coefficient (Wildman–Crippen LogP) is 3.45. The summed E-state index contributed by atoms with van der Waals surface area (Å²) < 4.78 is 40.6. The van der Waals surface area contributed by atoms with Crippen molar-refractivity contribution < 1.29 is 23.0 Å². The fourth-order valence-corrected chi connectivity index (χ4v) is 2.69. The third-order valence-electron chi connectivity index (χ3n) is 3.94. The topological polar surface area (TPSA) is 134 Å². The molecule has 1 aromatic carbocycles. The predicted molar refractivity (Wildman–Crippen MR) is 95.2 cm³/mol. The van der Waals surface area contributed by atoms with Crippen LogP contribution in [0, 0.1) is 31.7 Å². The Bertz CT molecular complexity index is 762. The van der Waals surface area contributed by atoms with Crippen LogP contribution in [0.15, 0.2) is 6.07 Å². The highest BCUT2D eigenvalue weighted by molar-refractivity contribution is 5.74. The van der Waals surface area contributed by atoms with Crippen molar-refractivity contribution >= 4 is 11.4 Å². The summed E-state index contributed by atoms with van der Waals surface area (Å²) in [5, 5.41) is 35.3. The molecule has 0 unspecified atom stereocenters. The molecule has 154 valence electrons. The molecule has 0 saturated carbocycles. The Labute approximate surface area is 158 Å². The molecule has 0 amide bonds. The second-order valence-corrected chi connectivity index (χ2v) is 5.94. The van der Waals surface area contributed by atoms with Gasteiger partial charge in [-0.3, -0.25) is 25.5 Å². The van der Waals surface area contributed by atoms with Crippen molar-refractivity contribution in [3.63, 3.8) is 0 Å². The molecule has 2 N–H and O–H groups in total. The van der Waals surface area contributed by atoms with E-state index in [4.69, 9.17) is 5.26 Å². The third kappa shape index (κ3) is 6.57. The minimum atomic E-state index is -4.85. The van der Waals surface area contributed by atoms with Gasteiger partial charge < -0.3 is 5.32 Å². The molecule has 0 heterocycles. The Hall–Kier alpha value is -3.10. The number of halogens is 3. The van der Waals surface area contributed by atoms with E-state index in [0.29, 0.717) is 13.0 Å². The zero-order valence-corrected chi connectivity index (χ0v) is 15.1. The molecule has 9 nitrogen and oxygen atoms in total. The van der Waals surface area contributed by atoms with E-state index < -0.39 is 40.4 Å². The van der Waals surface area contributed by atoms with E-state index in [1.54, 1.807) is 0 Å². The van der Waals surface area contributed by atoms with Gasteiger partial charge in [0.25, 0.3) is 0 Å². The van der Waals surface area contributed by atoms with Crippen LogP contribution in [0.5, 0.6) is 0 Å². The minimum absolute atomic E-state index is 0.0296. The molecule has 0 aliphatic rings. The lowest BCUT2D eigenvalue weighted by Crippen LogP contribution is -2.18. The van der Waals surface area contributed by atoms with Gasteiger partial charge in [0.05, 0.1) is 11.3 Å². The first kappa shape index (κ1) is 22.9. The van der Waals surface area contributed by atoms with Gasteiger partial charge >= 0.3 is 6.18 Å². The Kier molecular flexibility index (Phi) is 8.43. The van der Waals surface area contributed by atoms with Gasteiger partial charge in [0, 0.05) is 40.5 Å². The number of unbranched alkanes of at least 4 members (excludes halogenated alkanes) is 1. The van der Waals surface area contributed by atoms with Gasteiger partial charge in [-0.25, -0.2) is 0 Å². The monoisotopic (exact) mass is 403 g/mol. The summed E-state index contributed by atoms with van der Waals surface area (Å²) in [5.41, 5.74) is -1.64. The lowest BCUT2D eigenvalue weighted by atomic mass is 9.94. The van der Waals surface area contributed by atoms with Crippen molar-refractivity contribution in [2.75, 3.05) is 30.3 Å². The lowest BCUT2D eigenvalue weighted by molar-refractivity contribution is -0.479. The van der Waals surface area contributed by atoms with E-state index in [9.17, 15) is 33.4 Å². The molecule has 0 atom stereocenters. The van der Waals surface area contributed by atoms with Crippen molar-refractivity contribution in [3.8, 4) is 6.19 Å². The van der Waals surface area contributed by atoms with E-state index in [2.05, 4.69) is 5.32 Å². The number of anilines is 2. The van der Waals surface area contributed by atoms with Crippen LogP contribution >= 0.6 is 0 Å². The fraction of sp³-hybridized carbons (Fsp3) is 0.562. The molecule has 0 saturated heterocycles. The largest absolute Gasteiger partial charge is 0.418 e. The van der Waals surface area contributed by atoms with Crippen LogP contribution in [0.2, 0.25) is 0 Å². The third-order valence-corrected chi connectivity index (χ3v) is 3.94. The van der Waals surface area contributed by atoms with Gasteiger partial charge in [0.1, 0.15) is 0 Å². The van der Waals surface area contributed by atoms with Crippen LogP contribution in [0.3, 0.4) is 0 Å². The number of benzene rings is 1. The highest BCUT2D eigenvalue weighted by Crippen LogP contribution is 2.42. The van der Waals surface area contributed by atoms with Gasteiger partial charge in [-0.05, 0) is 18.1 Å². The van der Waals surface area contributed by atoms with Crippen LogP contribution in [-0.4, -0.2) is 29.5 Å². The Morgan fingerprint density at radius 1 is 1.14 bits per heavy atom. The average Bonchev–Trinajstić information content (AvgIpc) is 2.59. The van der Waals surface area contributed by atoms with Crippen LogP contribution in [-0.2, 0) is 19.0 Å². The standard InChI is InChI=1S/C16H20F3N5O4/c1-2-3-6-21-14-11(4-7-23(25)26)9-13(16(17,18)19)15(22-10-20)12(14)5-8-24(27)28/h9,21-22H,2-8H2,1H3. The number of nitrogens with zero attached hydrogens (tertiary/aromatic N) is 3. The maximum Gasteiger partial charge on any atom is 0.418 e. The number of nitrogens with one attached hydrogen (secondary N) is 2. The zero-order valence-electron chi connectivity index (χ0n) is 15.1. The van der Waals surface area contributed by atoms with E-state index in [1.807, 2.05) is 12.2 Å². The van der Waals surface area contributed by atoms with Crippen molar-refractivity contribution in [2.45, 2.75) is 38.8 Å². The molecule has 0 aromatic heterocycles. The van der Waals surface area contributed by atoms with Gasteiger partial charge in [-0.1, -0.05) is 13.3 Å². The average molecular weight is 403 g/mol. The zero-order chi connectivity index (χ0) is 21.3.